The molecular weight excluding hydrogens is 170 g/mol. The van der Waals surface area contributed by atoms with Crippen molar-refractivity contribution in [3.8, 4) is 0 Å². The van der Waals surface area contributed by atoms with Gasteiger partial charge in [0.15, 0.2) is 0 Å². The van der Waals surface area contributed by atoms with Crippen LogP contribution in [0.2, 0.25) is 0 Å². The first kappa shape index (κ1) is 13.7. The van der Waals surface area contributed by atoms with E-state index in [0.29, 0.717) is 12.0 Å². The van der Waals surface area contributed by atoms with Crippen LogP contribution in [-0.4, -0.2) is 6.04 Å². The SMILES string of the molecule is C=C(C)CC(CC)CCC(C)C(C)N. The molecule has 84 valence electrons. The van der Waals surface area contributed by atoms with Crippen LogP contribution >= 0.6 is 0 Å². The highest BCUT2D eigenvalue weighted by molar-refractivity contribution is 4.90. The highest BCUT2D eigenvalue weighted by Crippen LogP contribution is 2.22. The second kappa shape index (κ2) is 7.05. The minimum atomic E-state index is 0.331. The first-order valence-corrected chi connectivity index (χ1v) is 5.87. The lowest BCUT2D eigenvalue weighted by Crippen LogP contribution is -2.24. The van der Waals surface area contributed by atoms with Gasteiger partial charge in [0.25, 0.3) is 0 Å². The van der Waals surface area contributed by atoms with Crippen LogP contribution in [0.1, 0.15) is 53.4 Å². The molecular formula is C13H27N. The summed E-state index contributed by atoms with van der Waals surface area (Å²) in [5, 5.41) is 0. The van der Waals surface area contributed by atoms with E-state index >= 15 is 0 Å². The Labute approximate surface area is 89.8 Å². The van der Waals surface area contributed by atoms with E-state index < -0.39 is 0 Å². The quantitative estimate of drug-likeness (QED) is 0.618. The van der Waals surface area contributed by atoms with Gasteiger partial charge in [0.2, 0.25) is 0 Å². The summed E-state index contributed by atoms with van der Waals surface area (Å²) in [5.41, 5.74) is 7.16. The highest BCUT2D eigenvalue weighted by Gasteiger charge is 2.11. The molecule has 3 unspecified atom stereocenters. The van der Waals surface area contributed by atoms with E-state index in [-0.39, 0.29) is 0 Å². The maximum atomic E-state index is 5.85. The molecule has 0 aromatic carbocycles. The van der Waals surface area contributed by atoms with E-state index in [0.717, 1.165) is 5.92 Å². The van der Waals surface area contributed by atoms with E-state index in [1.165, 1.54) is 31.3 Å². The summed E-state index contributed by atoms with van der Waals surface area (Å²) in [5.74, 6) is 1.46. The van der Waals surface area contributed by atoms with Crippen molar-refractivity contribution in [1.29, 1.82) is 0 Å². The second-order valence-electron chi connectivity index (χ2n) is 4.85. The molecule has 0 fully saturated rings. The van der Waals surface area contributed by atoms with Crippen molar-refractivity contribution in [2.45, 2.75) is 59.4 Å². The number of rotatable bonds is 7. The Morgan fingerprint density at radius 1 is 1.29 bits per heavy atom. The van der Waals surface area contributed by atoms with Gasteiger partial charge in [0, 0.05) is 6.04 Å². The van der Waals surface area contributed by atoms with E-state index in [2.05, 4.69) is 34.3 Å². The van der Waals surface area contributed by atoms with Gasteiger partial charge in [-0.15, -0.1) is 6.58 Å². The lowest BCUT2D eigenvalue weighted by atomic mass is 9.88. The minimum Gasteiger partial charge on any atom is -0.328 e. The molecule has 14 heavy (non-hydrogen) atoms. The molecule has 2 N–H and O–H groups in total. The van der Waals surface area contributed by atoms with Crippen LogP contribution in [-0.2, 0) is 0 Å². The van der Waals surface area contributed by atoms with E-state index in [1.807, 2.05) is 0 Å². The smallest absolute Gasteiger partial charge is 0.00361 e. The van der Waals surface area contributed by atoms with Crippen LogP contribution < -0.4 is 5.73 Å². The predicted molar refractivity (Wildman–Crippen MR) is 65.3 cm³/mol. The standard InChI is InChI=1S/C13H27N/c1-6-13(9-10(2)3)8-7-11(4)12(5)14/h11-13H,2,6-9,14H2,1,3-5H3. The van der Waals surface area contributed by atoms with Gasteiger partial charge < -0.3 is 5.73 Å². The van der Waals surface area contributed by atoms with E-state index in [9.17, 15) is 0 Å². The zero-order valence-electron chi connectivity index (χ0n) is 10.3. The molecule has 0 aliphatic carbocycles. The Balaban J connectivity index is 3.77. The molecule has 0 saturated carbocycles. The molecule has 0 aromatic heterocycles. The lowest BCUT2D eigenvalue weighted by Gasteiger charge is -2.20. The van der Waals surface area contributed by atoms with Crippen molar-refractivity contribution in [2.75, 3.05) is 0 Å². The molecule has 1 nitrogen and oxygen atoms in total. The zero-order valence-corrected chi connectivity index (χ0v) is 10.3. The van der Waals surface area contributed by atoms with Gasteiger partial charge in [-0.05, 0) is 44.9 Å². The van der Waals surface area contributed by atoms with E-state index in [1.54, 1.807) is 0 Å². The number of hydrogen-bond donors (Lipinski definition) is 1. The van der Waals surface area contributed by atoms with Crippen molar-refractivity contribution in [3.63, 3.8) is 0 Å². The summed E-state index contributed by atoms with van der Waals surface area (Å²) in [6.07, 6.45) is 5.00. The molecule has 0 radical (unpaired) electrons. The molecule has 0 aromatic rings. The third-order valence-corrected chi connectivity index (χ3v) is 3.14. The average Bonchev–Trinajstić information content (AvgIpc) is 2.10. The van der Waals surface area contributed by atoms with Gasteiger partial charge in [-0.3, -0.25) is 0 Å². The summed E-state index contributed by atoms with van der Waals surface area (Å²) in [6.45, 7) is 12.7. The third kappa shape index (κ3) is 6.20. The summed E-state index contributed by atoms with van der Waals surface area (Å²) in [6, 6.07) is 0.331. The van der Waals surface area contributed by atoms with Crippen LogP contribution in [0.3, 0.4) is 0 Å². The second-order valence-corrected chi connectivity index (χ2v) is 4.85. The molecule has 0 bridgehead atoms. The van der Waals surface area contributed by atoms with Gasteiger partial charge in [0.1, 0.15) is 0 Å². The lowest BCUT2D eigenvalue weighted by molar-refractivity contribution is 0.368. The van der Waals surface area contributed by atoms with Gasteiger partial charge >= 0.3 is 0 Å². The van der Waals surface area contributed by atoms with Crippen molar-refractivity contribution >= 4 is 0 Å². The maximum Gasteiger partial charge on any atom is 0.00361 e. The number of hydrogen-bond acceptors (Lipinski definition) is 1. The first-order chi connectivity index (χ1) is 6.47. The molecule has 0 spiro atoms. The topological polar surface area (TPSA) is 26.0 Å². The van der Waals surface area contributed by atoms with Gasteiger partial charge in [-0.1, -0.05) is 25.8 Å². The fraction of sp³-hybridized carbons (Fsp3) is 0.846. The van der Waals surface area contributed by atoms with Crippen molar-refractivity contribution in [2.24, 2.45) is 17.6 Å². The normalized spacial score (nSPS) is 17.5. The maximum absolute atomic E-state index is 5.85. The molecule has 0 aliphatic heterocycles. The largest absolute Gasteiger partial charge is 0.328 e. The predicted octanol–water partition coefficient (Wildman–Crippen LogP) is 3.74. The zero-order chi connectivity index (χ0) is 11.1. The van der Waals surface area contributed by atoms with Crippen molar-refractivity contribution in [1.82, 2.24) is 0 Å². The van der Waals surface area contributed by atoms with Crippen LogP contribution in [0, 0.1) is 11.8 Å². The van der Waals surface area contributed by atoms with Crippen LogP contribution in [0.5, 0.6) is 0 Å². The van der Waals surface area contributed by atoms with Crippen LogP contribution in [0.4, 0.5) is 0 Å². The molecule has 0 amide bonds. The first-order valence-electron chi connectivity index (χ1n) is 5.87. The van der Waals surface area contributed by atoms with E-state index in [4.69, 9.17) is 5.73 Å². The van der Waals surface area contributed by atoms with Crippen LogP contribution in [0.15, 0.2) is 12.2 Å². The van der Waals surface area contributed by atoms with Crippen molar-refractivity contribution in [3.05, 3.63) is 12.2 Å². The Morgan fingerprint density at radius 2 is 1.86 bits per heavy atom. The van der Waals surface area contributed by atoms with Crippen molar-refractivity contribution < 1.29 is 0 Å². The van der Waals surface area contributed by atoms with Gasteiger partial charge in [-0.25, -0.2) is 0 Å². The Morgan fingerprint density at radius 3 is 2.21 bits per heavy atom. The monoisotopic (exact) mass is 197 g/mol. The highest BCUT2D eigenvalue weighted by atomic mass is 14.6. The number of nitrogens with two attached hydrogens (primary N) is 1. The summed E-state index contributed by atoms with van der Waals surface area (Å²) < 4.78 is 0. The van der Waals surface area contributed by atoms with Crippen LogP contribution in [0.25, 0.3) is 0 Å². The van der Waals surface area contributed by atoms with Gasteiger partial charge in [0.05, 0.1) is 0 Å². The summed E-state index contributed by atoms with van der Waals surface area (Å²) in [7, 11) is 0. The summed E-state index contributed by atoms with van der Waals surface area (Å²) >= 11 is 0. The molecule has 1 heteroatoms. The fourth-order valence-electron chi connectivity index (χ4n) is 1.70. The molecule has 0 heterocycles. The third-order valence-electron chi connectivity index (χ3n) is 3.14. The Hall–Kier alpha value is -0.300. The summed E-state index contributed by atoms with van der Waals surface area (Å²) in [4.78, 5) is 0. The average molecular weight is 197 g/mol. The fourth-order valence-corrected chi connectivity index (χ4v) is 1.70. The molecule has 0 saturated heterocycles. The molecule has 0 aliphatic rings. The van der Waals surface area contributed by atoms with Gasteiger partial charge in [-0.2, -0.15) is 0 Å². The molecule has 3 atom stereocenters. The minimum absolute atomic E-state index is 0.331. The Bertz CT molecular complexity index is 161. The molecule has 0 rings (SSSR count). The number of allylic oxidation sites excluding steroid dienone is 1. The Kier molecular flexibility index (Phi) is 6.90.